The summed E-state index contributed by atoms with van der Waals surface area (Å²) >= 11 is 0. The van der Waals surface area contributed by atoms with Crippen LogP contribution in [0.4, 0.5) is 11.6 Å². The van der Waals surface area contributed by atoms with E-state index in [9.17, 15) is 0 Å². The summed E-state index contributed by atoms with van der Waals surface area (Å²) in [6.07, 6.45) is 0. The number of nitriles is 1. The van der Waals surface area contributed by atoms with E-state index in [1.54, 1.807) is 6.07 Å². The molecule has 0 aliphatic carbocycles. The van der Waals surface area contributed by atoms with Crippen molar-refractivity contribution in [1.29, 1.82) is 5.26 Å². The first-order valence-corrected chi connectivity index (χ1v) is 6.23. The number of imidazole rings is 1. The molecule has 0 fully saturated rings. The van der Waals surface area contributed by atoms with E-state index >= 15 is 0 Å². The van der Waals surface area contributed by atoms with Crippen LogP contribution in [0, 0.1) is 11.3 Å². The summed E-state index contributed by atoms with van der Waals surface area (Å²) in [5, 5.41) is 12.2. The SMILES string of the molecule is N#Cc1cccc2[nH]c(NCc3cccc(N)c3)nc12. The molecule has 0 bridgehead atoms. The first kappa shape index (κ1) is 12.1. The Morgan fingerprint density at radius 1 is 1.25 bits per heavy atom. The third-order valence-corrected chi connectivity index (χ3v) is 3.04. The quantitative estimate of drug-likeness (QED) is 0.633. The zero-order chi connectivity index (χ0) is 13.9. The van der Waals surface area contributed by atoms with Gasteiger partial charge in [0.05, 0.1) is 11.1 Å². The van der Waals surface area contributed by atoms with Gasteiger partial charge in [0.25, 0.3) is 0 Å². The Labute approximate surface area is 116 Å². The number of fused-ring (bicyclic) bond motifs is 1. The van der Waals surface area contributed by atoms with Crippen LogP contribution in [-0.2, 0) is 6.54 Å². The number of para-hydroxylation sites is 1. The molecule has 0 saturated heterocycles. The Hall–Kier alpha value is -3.00. The molecule has 3 rings (SSSR count). The number of H-pyrrole nitrogens is 1. The molecule has 4 N–H and O–H groups in total. The van der Waals surface area contributed by atoms with E-state index in [4.69, 9.17) is 11.0 Å². The van der Waals surface area contributed by atoms with E-state index in [2.05, 4.69) is 21.4 Å². The first-order valence-electron chi connectivity index (χ1n) is 6.23. The fraction of sp³-hybridized carbons (Fsp3) is 0.0667. The lowest BCUT2D eigenvalue weighted by Gasteiger charge is -2.03. The standard InChI is InChI=1S/C15H13N5/c16-8-11-4-2-6-13-14(11)20-15(19-13)18-9-10-3-1-5-12(17)7-10/h1-7H,9,17H2,(H2,18,19,20). The second kappa shape index (κ2) is 4.94. The molecule has 3 aromatic rings. The molecule has 2 aromatic carbocycles. The van der Waals surface area contributed by atoms with Crippen LogP contribution in [0.25, 0.3) is 11.0 Å². The molecule has 0 atom stereocenters. The number of aromatic amines is 1. The number of hydrogen-bond donors (Lipinski definition) is 3. The van der Waals surface area contributed by atoms with E-state index in [1.165, 1.54) is 0 Å². The molecule has 0 spiro atoms. The molecule has 5 nitrogen and oxygen atoms in total. The molecule has 0 aliphatic heterocycles. The maximum absolute atomic E-state index is 9.05. The van der Waals surface area contributed by atoms with Gasteiger partial charge >= 0.3 is 0 Å². The summed E-state index contributed by atoms with van der Waals surface area (Å²) in [5.74, 6) is 0.644. The molecule has 1 heterocycles. The number of rotatable bonds is 3. The van der Waals surface area contributed by atoms with Gasteiger partial charge in [-0.05, 0) is 29.8 Å². The highest BCUT2D eigenvalue weighted by atomic mass is 15.1. The molecule has 20 heavy (non-hydrogen) atoms. The van der Waals surface area contributed by atoms with Crippen molar-refractivity contribution in [3.8, 4) is 6.07 Å². The fourth-order valence-corrected chi connectivity index (χ4v) is 2.09. The summed E-state index contributed by atoms with van der Waals surface area (Å²) in [7, 11) is 0. The van der Waals surface area contributed by atoms with Crippen LogP contribution in [0.2, 0.25) is 0 Å². The predicted molar refractivity (Wildman–Crippen MR) is 79.0 cm³/mol. The van der Waals surface area contributed by atoms with Crippen molar-refractivity contribution in [1.82, 2.24) is 9.97 Å². The predicted octanol–water partition coefficient (Wildman–Crippen LogP) is 2.63. The average molecular weight is 263 g/mol. The third kappa shape index (κ3) is 2.27. The van der Waals surface area contributed by atoms with Crippen LogP contribution >= 0.6 is 0 Å². The maximum atomic E-state index is 9.05. The molecule has 0 amide bonds. The van der Waals surface area contributed by atoms with Gasteiger partial charge in [-0.25, -0.2) is 4.98 Å². The number of benzene rings is 2. The van der Waals surface area contributed by atoms with E-state index in [0.29, 0.717) is 23.6 Å². The second-order valence-corrected chi connectivity index (χ2v) is 4.50. The first-order chi connectivity index (χ1) is 9.76. The second-order valence-electron chi connectivity index (χ2n) is 4.50. The van der Waals surface area contributed by atoms with E-state index in [-0.39, 0.29) is 0 Å². The van der Waals surface area contributed by atoms with E-state index < -0.39 is 0 Å². The van der Waals surface area contributed by atoms with Crippen LogP contribution in [0.15, 0.2) is 42.5 Å². The van der Waals surface area contributed by atoms with Gasteiger partial charge in [-0.3, -0.25) is 0 Å². The van der Waals surface area contributed by atoms with Crippen LogP contribution in [0.3, 0.4) is 0 Å². The molecule has 5 heteroatoms. The highest BCUT2D eigenvalue weighted by Gasteiger charge is 2.06. The zero-order valence-corrected chi connectivity index (χ0v) is 10.7. The number of nitrogens with two attached hydrogens (primary N) is 1. The van der Waals surface area contributed by atoms with Crippen molar-refractivity contribution in [2.75, 3.05) is 11.1 Å². The smallest absolute Gasteiger partial charge is 0.201 e. The summed E-state index contributed by atoms with van der Waals surface area (Å²) in [5.41, 5.74) is 9.65. The van der Waals surface area contributed by atoms with E-state index in [1.807, 2.05) is 36.4 Å². The van der Waals surface area contributed by atoms with Crippen LogP contribution in [0.5, 0.6) is 0 Å². The summed E-state index contributed by atoms with van der Waals surface area (Å²) in [4.78, 5) is 7.55. The van der Waals surface area contributed by atoms with E-state index in [0.717, 1.165) is 16.8 Å². The Bertz CT molecular complexity index is 797. The molecule has 0 radical (unpaired) electrons. The number of nitrogens with zero attached hydrogens (tertiary/aromatic N) is 2. The number of hydrogen-bond acceptors (Lipinski definition) is 4. The van der Waals surface area contributed by atoms with Crippen LogP contribution < -0.4 is 11.1 Å². The molecule has 0 saturated carbocycles. The highest BCUT2D eigenvalue weighted by Crippen LogP contribution is 2.18. The number of anilines is 2. The molecule has 98 valence electrons. The van der Waals surface area contributed by atoms with Crippen molar-refractivity contribution in [2.24, 2.45) is 0 Å². The summed E-state index contributed by atoms with van der Waals surface area (Å²) < 4.78 is 0. The van der Waals surface area contributed by atoms with Gasteiger partial charge in [0.2, 0.25) is 5.95 Å². The molecular weight excluding hydrogens is 250 g/mol. The summed E-state index contributed by atoms with van der Waals surface area (Å²) in [6.45, 7) is 0.618. The van der Waals surface area contributed by atoms with Gasteiger partial charge in [0.1, 0.15) is 11.6 Å². The summed E-state index contributed by atoms with van der Waals surface area (Å²) in [6, 6.07) is 15.3. The minimum Gasteiger partial charge on any atom is -0.399 e. The largest absolute Gasteiger partial charge is 0.399 e. The van der Waals surface area contributed by atoms with Crippen molar-refractivity contribution < 1.29 is 0 Å². The lowest BCUT2D eigenvalue weighted by atomic mass is 10.2. The Morgan fingerprint density at radius 3 is 2.90 bits per heavy atom. The molecule has 0 unspecified atom stereocenters. The third-order valence-electron chi connectivity index (χ3n) is 3.04. The highest BCUT2D eigenvalue weighted by molar-refractivity contribution is 5.83. The van der Waals surface area contributed by atoms with Gasteiger partial charge in [-0.1, -0.05) is 18.2 Å². The minimum atomic E-state index is 0.566. The van der Waals surface area contributed by atoms with Crippen molar-refractivity contribution in [3.05, 3.63) is 53.6 Å². The maximum Gasteiger partial charge on any atom is 0.201 e. The topological polar surface area (TPSA) is 90.5 Å². The Kier molecular flexibility index (Phi) is 2.98. The number of aromatic nitrogens is 2. The van der Waals surface area contributed by atoms with Crippen molar-refractivity contribution in [3.63, 3.8) is 0 Å². The molecule has 1 aromatic heterocycles. The monoisotopic (exact) mass is 263 g/mol. The van der Waals surface area contributed by atoms with Crippen molar-refractivity contribution >= 4 is 22.7 Å². The van der Waals surface area contributed by atoms with Gasteiger partial charge in [0.15, 0.2) is 0 Å². The number of nitrogens with one attached hydrogen (secondary N) is 2. The normalized spacial score (nSPS) is 10.3. The van der Waals surface area contributed by atoms with Gasteiger partial charge in [0, 0.05) is 12.2 Å². The Balaban J connectivity index is 1.83. The van der Waals surface area contributed by atoms with Gasteiger partial charge in [-0.2, -0.15) is 5.26 Å². The van der Waals surface area contributed by atoms with Crippen LogP contribution in [0.1, 0.15) is 11.1 Å². The molecule has 0 aliphatic rings. The van der Waals surface area contributed by atoms with Crippen molar-refractivity contribution in [2.45, 2.75) is 6.54 Å². The fourth-order valence-electron chi connectivity index (χ4n) is 2.09. The molecular formula is C15H13N5. The Morgan fingerprint density at radius 2 is 2.10 bits per heavy atom. The van der Waals surface area contributed by atoms with Gasteiger partial charge in [-0.15, -0.1) is 0 Å². The lowest BCUT2D eigenvalue weighted by Crippen LogP contribution is -2.01. The lowest BCUT2D eigenvalue weighted by molar-refractivity contribution is 1.10. The zero-order valence-electron chi connectivity index (χ0n) is 10.7. The average Bonchev–Trinajstić information content (AvgIpc) is 2.88. The minimum absolute atomic E-state index is 0.566. The number of nitrogen functional groups attached to an aromatic ring is 1. The van der Waals surface area contributed by atoms with Gasteiger partial charge < -0.3 is 16.0 Å². The van der Waals surface area contributed by atoms with Crippen LogP contribution in [-0.4, -0.2) is 9.97 Å².